The first-order valence-corrected chi connectivity index (χ1v) is 7.16. The second-order valence-electron chi connectivity index (χ2n) is 4.87. The third kappa shape index (κ3) is 1.75. The summed E-state index contributed by atoms with van der Waals surface area (Å²) in [5.74, 6) is 1.50. The van der Waals surface area contributed by atoms with Crippen LogP contribution in [0.2, 0.25) is 0 Å². The van der Waals surface area contributed by atoms with E-state index in [9.17, 15) is 4.79 Å². The first-order chi connectivity index (χ1) is 7.80. The summed E-state index contributed by atoms with van der Waals surface area (Å²) in [5, 5.41) is 3.38. The largest absolute Gasteiger partial charge is 0.326 e. The Kier molecular flexibility index (Phi) is 2.85. The maximum Gasteiger partial charge on any atom is 0.223 e. The van der Waals surface area contributed by atoms with Gasteiger partial charge in [0.2, 0.25) is 5.91 Å². The monoisotopic (exact) mass is 241 g/mol. The van der Waals surface area contributed by atoms with E-state index < -0.39 is 0 Å². The number of nitrogens with one attached hydrogen (secondary N) is 1. The number of thioether (sulfide) groups is 1. The number of piperazine rings is 1. The molecule has 0 aromatic rings. The van der Waals surface area contributed by atoms with Crippen molar-refractivity contribution in [2.45, 2.75) is 17.7 Å². The van der Waals surface area contributed by atoms with Crippen LogP contribution in [0.25, 0.3) is 0 Å². The number of carbonyl (C=O) groups excluding carboxylic acids is 1. The number of fused-ring (bicyclic) bond motifs is 1. The molecule has 3 heterocycles. The number of nitrogens with zero attached hydrogens (tertiary/aromatic N) is 2. The van der Waals surface area contributed by atoms with Gasteiger partial charge in [0.05, 0.1) is 0 Å². The lowest BCUT2D eigenvalue weighted by Gasteiger charge is -2.38. The zero-order valence-electron chi connectivity index (χ0n) is 9.57. The number of carbonyl (C=O) groups is 1. The molecule has 0 spiro atoms. The topological polar surface area (TPSA) is 35.6 Å². The maximum atomic E-state index is 11.8. The van der Waals surface area contributed by atoms with Crippen molar-refractivity contribution >= 4 is 17.7 Å². The van der Waals surface area contributed by atoms with Crippen LogP contribution in [0, 0.1) is 0 Å². The molecule has 1 unspecified atom stereocenters. The van der Waals surface area contributed by atoms with Crippen molar-refractivity contribution in [3.05, 3.63) is 0 Å². The summed E-state index contributed by atoms with van der Waals surface area (Å²) >= 11 is 2.00. The normalized spacial score (nSPS) is 35.8. The van der Waals surface area contributed by atoms with Gasteiger partial charge in [-0.05, 0) is 6.42 Å². The van der Waals surface area contributed by atoms with Crippen LogP contribution in [0.3, 0.4) is 0 Å². The molecule has 0 aromatic heterocycles. The number of hydrogen-bond acceptors (Lipinski definition) is 4. The molecule has 0 saturated carbocycles. The molecular weight excluding hydrogens is 222 g/mol. The van der Waals surface area contributed by atoms with Gasteiger partial charge in [0.25, 0.3) is 0 Å². The third-order valence-electron chi connectivity index (χ3n) is 3.89. The van der Waals surface area contributed by atoms with Crippen LogP contribution < -0.4 is 5.32 Å². The molecule has 0 radical (unpaired) electrons. The van der Waals surface area contributed by atoms with Gasteiger partial charge in [-0.3, -0.25) is 9.69 Å². The maximum absolute atomic E-state index is 11.8. The molecule has 0 aliphatic carbocycles. The van der Waals surface area contributed by atoms with Crippen LogP contribution in [0.5, 0.6) is 0 Å². The Bertz CT molecular complexity index is 293. The second-order valence-corrected chi connectivity index (χ2v) is 6.32. The lowest BCUT2D eigenvalue weighted by Crippen LogP contribution is -2.52. The van der Waals surface area contributed by atoms with Crippen molar-refractivity contribution in [2.24, 2.45) is 0 Å². The lowest BCUT2D eigenvalue weighted by atomic mass is 10.2. The average Bonchev–Trinajstić information content (AvgIpc) is 2.82. The summed E-state index contributed by atoms with van der Waals surface area (Å²) in [6, 6.07) is 0. The van der Waals surface area contributed by atoms with Crippen LogP contribution in [0.15, 0.2) is 0 Å². The first kappa shape index (κ1) is 10.9. The van der Waals surface area contributed by atoms with E-state index in [-0.39, 0.29) is 4.87 Å². The van der Waals surface area contributed by atoms with Crippen molar-refractivity contribution in [2.75, 3.05) is 45.0 Å². The van der Waals surface area contributed by atoms with Gasteiger partial charge in [0, 0.05) is 51.4 Å². The average molecular weight is 241 g/mol. The van der Waals surface area contributed by atoms with E-state index in [0.717, 1.165) is 57.9 Å². The molecule has 90 valence electrons. The minimum atomic E-state index is 0.133. The minimum Gasteiger partial charge on any atom is -0.326 e. The molecule has 3 saturated heterocycles. The van der Waals surface area contributed by atoms with Crippen molar-refractivity contribution < 1.29 is 4.79 Å². The van der Waals surface area contributed by atoms with E-state index in [1.165, 1.54) is 0 Å². The molecule has 0 aromatic carbocycles. The highest BCUT2D eigenvalue weighted by molar-refractivity contribution is 8.00. The summed E-state index contributed by atoms with van der Waals surface area (Å²) in [4.78, 5) is 16.6. The van der Waals surface area contributed by atoms with Crippen molar-refractivity contribution in [3.8, 4) is 0 Å². The zero-order chi connectivity index (χ0) is 11.0. The van der Waals surface area contributed by atoms with Crippen molar-refractivity contribution in [1.29, 1.82) is 0 Å². The van der Waals surface area contributed by atoms with E-state index in [0.29, 0.717) is 5.91 Å². The summed E-state index contributed by atoms with van der Waals surface area (Å²) < 4.78 is 0. The highest BCUT2D eigenvalue weighted by Crippen LogP contribution is 2.45. The van der Waals surface area contributed by atoms with E-state index in [2.05, 4.69) is 15.1 Å². The smallest absolute Gasteiger partial charge is 0.223 e. The van der Waals surface area contributed by atoms with Gasteiger partial charge in [-0.2, -0.15) is 0 Å². The molecule has 1 atom stereocenters. The van der Waals surface area contributed by atoms with E-state index in [4.69, 9.17) is 0 Å². The van der Waals surface area contributed by atoms with Gasteiger partial charge < -0.3 is 10.2 Å². The Morgan fingerprint density at radius 1 is 1.31 bits per heavy atom. The summed E-state index contributed by atoms with van der Waals surface area (Å²) in [5.41, 5.74) is 0. The fraction of sp³-hybridized carbons (Fsp3) is 0.909. The molecule has 16 heavy (non-hydrogen) atoms. The van der Waals surface area contributed by atoms with Gasteiger partial charge in [-0.1, -0.05) is 0 Å². The molecule has 3 aliphatic rings. The third-order valence-corrected chi connectivity index (χ3v) is 5.37. The highest BCUT2D eigenvalue weighted by Gasteiger charge is 2.49. The van der Waals surface area contributed by atoms with Gasteiger partial charge >= 0.3 is 0 Å². The van der Waals surface area contributed by atoms with Crippen molar-refractivity contribution in [1.82, 2.24) is 15.1 Å². The van der Waals surface area contributed by atoms with E-state index in [1.54, 1.807) is 0 Å². The Morgan fingerprint density at radius 3 is 2.94 bits per heavy atom. The summed E-state index contributed by atoms with van der Waals surface area (Å²) in [6.45, 7) is 6.48. The highest BCUT2D eigenvalue weighted by atomic mass is 32.2. The predicted octanol–water partition coefficient (Wildman–Crippen LogP) is -0.0429. The molecule has 3 rings (SSSR count). The molecule has 1 amide bonds. The molecule has 3 fully saturated rings. The summed E-state index contributed by atoms with van der Waals surface area (Å²) in [7, 11) is 0. The standard InChI is InChI=1S/C11H19N3OS/c15-10-1-2-11(14(10)7-8-16-11)9-13-5-3-12-4-6-13/h12H,1-9H2. The predicted molar refractivity (Wildman–Crippen MR) is 65.4 cm³/mol. The van der Waals surface area contributed by atoms with Crippen LogP contribution in [0.1, 0.15) is 12.8 Å². The van der Waals surface area contributed by atoms with E-state index in [1.807, 2.05) is 11.8 Å². The Labute approximate surface area is 101 Å². The number of hydrogen-bond donors (Lipinski definition) is 1. The van der Waals surface area contributed by atoms with Crippen molar-refractivity contribution in [3.63, 3.8) is 0 Å². The fourth-order valence-corrected chi connectivity index (χ4v) is 4.56. The van der Waals surface area contributed by atoms with E-state index >= 15 is 0 Å². The molecular formula is C11H19N3OS. The van der Waals surface area contributed by atoms with Gasteiger partial charge in [0.1, 0.15) is 4.87 Å². The summed E-state index contributed by atoms with van der Waals surface area (Å²) in [6.07, 6.45) is 1.82. The first-order valence-electron chi connectivity index (χ1n) is 6.18. The fourth-order valence-electron chi connectivity index (χ4n) is 3.03. The van der Waals surface area contributed by atoms with Gasteiger partial charge in [-0.15, -0.1) is 11.8 Å². The van der Waals surface area contributed by atoms with Crippen LogP contribution in [0.4, 0.5) is 0 Å². The zero-order valence-corrected chi connectivity index (χ0v) is 10.4. The molecule has 4 nitrogen and oxygen atoms in total. The van der Waals surface area contributed by atoms with Gasteiger partial charge in [-0.25, -0.2) is 0 Å². The van der Waals surface area contributed by atoms with Crippen LogP contribution in [-0.4, -0.2) is 65.6 Å². The van der Waals surface area contributed by atoms with Crippen LogP contribution >= 0.6 is 11.8 Å². The van der Waals surface area contributed by atoms with Crippen LogP contribution in [-0.2, 0) is 4.79 Å². The number of rotatable bonds is 2. The Morgan fingerprint density at radius 2 is 2.12 bits per heavy atom. The Hall–Kier alpha value is -0.260. The lowest BCUT2D eigenvalue weighted by molar-refractivity contribution is -0.129. The molecule has 5 heteroatoms. The SMILES string of the molecule is O=C1CCC2(CN3CCNCC3)SCCN12. The quantitative estimate of drug-likeness (QED) is 0.736. The molecule has 3 aliphatic heterocycles. The van der Waals surface area contributed by atoms with Gasteiger partial charge in [0.15, 0.2) is 0 Å². The molecule has 1 N–H and O–H groups in total. The minimum absolute atomic E-state index is 0.133. The Balaban J connectivity index is 1.70. The molecule has 0 bridgehead atoms. The second kappa shape index (κ2) is 4.20. The number of amides is 1.